The highest BCUT2D eigenvalue weighted by atomic mass is 16.2. The van der Waals surface area contributed by atoms with Crippen LogP contribution in [0.3, 0.4) is 0 Å². The number of hydrogen-bond donors (Lipinski definition) is 0. The normalized spacial score (nSPS) is 19.3. The van der Waals surface area contributed by atoms with Gasteiger partial charge in [-0.2, -0.15) is 0 Å². The Morgan fingerprint density at radius 1 is 1.30 bits per heavy atom. The number of hydrogen-bond acceptors (Lipinski definition) is 2. The fraction of sp³-hybridized carbons (Fsp3) is 0.412. The first-order valence-electron chi connectivity index (χ1n) is 7.34. The molecular weight excluding hydrogens is 248 g/mol. The third-order valence-corrected chi connectivity index (χ3v) is 4.14. The Morgan fingerprint density at radius 3 is 2.90 bits per heavy atom. The second-order valence-corrected chi connectivity index (χ2v) is 5.67. The van der Waals surface area contributed by atoms with E-state index in [1.165, 1.54) is 6.42 Å². The van der Waals surface area contributed by atoms with Gasteiger partial charge in [-0.3, -0.25) is 9.78 Å². The van der Waals surface area contributed by atoms with Crippen molar-refractivity contribution in [3.05, 3.63) is 41.6 Å². The van der Waals surface area contributed by atoms with Crippen molar-refractivity contribution in [1.29, 1.82) is 0 Å². The molecule has 0 saturated carbocycles. The third-order valence-electron chi connectivity index (χ3n) is 4.14. The van der Waals surface area contributed by atoms with Crippen molar-refractivity contribution < 1.29 is 4.79 Å². The first-order chi connectivity index (χ1) is 9.66. The lowest BCUT2D eigenvalue weighted by atomic mass is 10.0. The second-order valence-electron chi connectivity index (χ2n) is 5.67. The number of amides is 1. The summed E-state index contributed by atoms with van der Waals surface area (Å²) in [7, 11) is 0. The number of pyridine rings is 1. The molecule has 1 aromatic carbocycles. The molecule has 1 amide bonds. The predicted octanol–water partition coefficient (Wildman–Crippen LogP) is 3.56. The van der Waals surface area contributed by atoms with Crippen LogP contribution >= 0.6 is 0 Å². The summed E-state index contributed by atoms with van der Waals surface area (Å²) in [6.07, 6.45) is 3.44. The minimum atomic E-state index is 0.152. The SMILES string of the molecule is Cc1cc(C(=O)N2CCCC[C@@H]2C)c2ccccc2n1. The van der Waals surface area contributed by atoms with Gasteiger partial charge < -0.3 is 4.90 Å². The molecule has 2 aromatic rings. The number of carbonyl (C=O) groups is 1. The lowest BCUT2D eigenvalue weighted by Gasteiger charge is -2.33. The van der Waals surface area contributed by atoms with Crippen LogP contribution in [0.15, 0.2) is 30.3 Å². The van der Waals surface area contributed by atoms with Crippen molar-refractivity contribution in [2.45, 2.75) is 39.2 Å². The number of aromatic nitrogens is 1. The quantitative estimate of drug-likeness (QED) is 0.792. The van der Waals surface area contributed by atoms with Crippen molar-refractivity contribution >= 4 is 16.8 Å². The third kappa shape index (κ3) is 2.28. The highest BCUT2D eigenvalue weighted by Gasteiger charge is 2.25. The maximum absolute atomic E-state index is 12.9. The molecule has 0 spiro atoms. The number of fused-ring (bicyclic) bond motifs is 1. The van der Waals surface area contributed by atoms with E-state index < -0.39 is 0 Å². The summed E-state index contributed by atoms with van der Waals surface area (Å²) in [6, 6.07) is 10.2. The van der Waals surface area contributed by atoms with E-state index in [2.05, 4.69) is 11.9 Å². The molecule has 1 aromatic heterocycles. The van der Waals surface area contributed by atoms with Crippen LogP contribution < -0.4 is 0 Å². The van der Waals surface area contributed by atoms with Gasteiger partial charge in [0.05, 0.1) is 11.1 Å². The molecule has 0 unspecified atom stereocenters. The monoisotopic (exact) mass is 268 g/mol. The van der Waals surface area contributed by atoms with Crippen molar-refractivity contribution in [2.75, 3.05) is 6.54 Å². The van der Waals surface area contributed by atoms with Crippen LogP contribution in [-0.2, 0) is 0 Å². The molecule has 1 aliphatic heterocycles. The first-order valence-corrected chi connectivity index (χ1v) is 7.34. The predicted molar refractivity (Wildman–Crippen MR) is 80.8 cm³/mol. The first kappa shape index (κ1) is 13.1. The van der Waals surface area contributed by atoms with Crippen molar-refractivity contribution in [2.24, 2.45) is 0 Å². The van der Waals surface area contributed by atoms with E-state index in [9.17, 15) is 4.79 Å². The standard InChI is InChI=1S/C17H20N2O/c1-12-11-15(14-8-3-4-9-16(14)18-12)17(20)19-10-6-5-7-13(19)2/h3-4,8-9,11,13H,5-7,10H2,1-2H3/t13-/m0/s1. The number of aryl methyl sites for hydroxylation is 1. The van der Waals surface area contributed by atoms with Crippen molar-refractivity contribution in [3.8, 4) is 0 Å². The van der Waals surface area contributed by atoms with E-state index in [1.54, 1.807) is 0 Å². The van der Waals surface area contributed by atoms with Gasteiger partial charge in [-0.25, -0.2) is 0 Å². The topological polar surface area (TPSA) is 33.2 Å². The van der Waals surface area contributed by atoms with E-state index in [1.807, 2.05) is 42.2 Å². The number of carbonyl (C=O) groups excluding carboxylic acids is 1. The highest BCUT2D eigenvalue weighted by Crippen LogP contribution is 2.24. The summed E-state index contributed by atoms with van der Waals surface area (Å²) in [5.74, 6) is 0.152. The zero-order valence-electron chi connectivity index (χ0n) is 12.1. The molecule has 0 N–H and O–H groups in total. The van der Waals surface area contributed by atoms with Crippen LogP contribution in [0.4, 0.5) is 0 Å². The molecule has 1 aliphatic rings. The maximum atomic E-state index is 12.9. The van der Waals surface area contributed by atoms with E-state index in [4.69, 9.17) is 0 Å². The van der Waals surface area contributed by atoms with Gasteiger partial charge in [0.25, 0.3) is 5.91 Å². The van der Waals surface area contributed by atoms with Gasteiger partial charge in [-0.1, -0.05) is 18.2 Å². The Bertz CT molecular complexity index is 650. The molecule has 0 aliphatic carbocycles. The Hall–Kier alpha value is -1.90. The Balaban J connectivity index is 2.06. The fourth-order valence-electron chi connectivity index (χ4n) is 3.04. The number of para-hydroxylation sites is 1. The molecule has 3 heteroatoms. The molecule has 3 nitrogen and oxygen atoms in total. The average molecular weight is 268 g/mol. The van der Waals surface area contributed by atoms with Gasteiger partial charge in [-0.15, -0.1) is 0 Å². The number of rotatable bonds is 1. The molecule has 0 bridgehead atoms. The van der Waals surface area contributed by atoms with Crippen LogP contribution in [0.2, 0.25) is 0 Å². The van der Waals surface area contributed by atoms with Gasteiger partial charge in [0.1, 0.15) is 0 Å². The van der Waals surface area contributed by atoms with Crippen LogP contribution in [0.5, 0.6) is 0 Å². The Morgan fingerprint density at radius 2 is 2.10 bits per heavy atom. The fourth-order valence-corrected chi connectivity index (χ4v) is 3.04. The van der Waals surface area contributed by atoms with Crippen LogP contribution in [0.25, 0.3) is 10.9 Å². The largest absolute Gasteiger partial charge is 0.336 e. The molecule has 20 heavy (non-hydrogen) atoms. The number of nitrogens with zero attached hydrogens (tertiary/aromatic N) is 2. The molecule has 1 saturated heterocycles. The molecule has 1 atom stereocenters. The molecule has 0 radical (unpaired) electrons. The Labute approximate surface area is 119 Å². The average Bonchev–Trinajstić information content (AvgIpc) is 2.46. The second kappa shape index (κ2) is 5.23. The van der Waals surface area contributed by atoms with Gasteiger partial charge in [0.2, 0.25) is 0 Å². The minimum Gasteiger partial charge on any atom is -0.336 e. The van der Waals surface area contributed by atoms with Crippen LogP contribution in [0.1, 0.15) is 42.2 Å². The lowest BCUT2D eigenvalue weighted by molar-refractivity contribution is 0.0637. The number of benzene rings is 1. The van der Waals surface area contributed by atoms with Gasteiger partial charge in [0, 0.05) is 23.7 Å². The van der Waals surface area contributed by atoms with Crippen LogP contribution in [0, 0.1) is 6.92 Å². The molecular formula is C17H20N2O. The summed E-state index contributed by atoms with van der Waals surface area (Å²) in [6.45, 7) is 4.96. The molecule has 104 valence electrons. The number of likely N-dealkylation sites (tertiary alicyclic amines) is 1. The maximum Gasteiger partial charge on any atom is 0.254 e. The van der Waals surface area contributed by atoms with Gasteiger partial charge in [-0.05, 0) is 45.2 Å². The van der Waals surface area contributed by atoms with Crippen molar-refractivity contribution in [3.63, 3.8) is 0 Å². The van der Waals surface area contributed by atoms with E-state index in [0.29, 0.717) is 6.04 Å². The summed E-state index contributed by atoms with van der Waals surface area (Å²) >= 11 is 0. The zero-order chi connectivity index (χ0) is 14.1. The van der Waals surface area contributed by atoms with Crippen molar-refractivity contribution in [1.82, 2.24) is 9.88 Å². The van der Waals surface area contributed by atoms with Gasteiger partial charge >= 0.3 is 0 Å². The zero-order valence-corrected chi connectivity index (χ0v) is 12.1. The smallest absolute Gasteiger partial charge is 0.254 e. The summed E-state index contributed by atoms with van der Waals surface area (Å²) < 4.78 is 0. The summed E-state index contributed by atoms with van der Waals surface area (Å²) in [5.41, 5.74) is 2.60. The minimum absolute atomic E-state index is 0.152. The number of piperidine rings is 1. The van der Waals surface area contributed by atoms with Crippen LogP contribution in [-0.4, -0.2) is 28.4 Å². The molecule has 2 heterocycles. The molecule has 1 fully saturated rings. The summed E-state index contributed by atoms with van der Waals surface area (Å²) in [4.78, 5) is 19.4. The van der Waals surface area contributed by atoms with E-state index in [-0.39, 0.29) is 5.91 Å². The highest BCUT2D eigenvalue weighted by molar-refractivity contribution is 6.06. The lowest BCUT2D eigenvalue weighted by Crippen LogP contribution is -2.42. The van der Waals surface area contributed by atoms with E-state index in [0.717, 1.165) is 41.5 Å². The Kier molecular flexibility index (Phi) is 3.43. The molecule has 3 rings (SSSR count). The summed E-state index contributed by atoms with van der Waals surface area (Å²) in [5, 5.41) is 0.959. The van der Waals surface area contributed by atoms with Gasteiger partial charge in [0.15, 0.2) is 0 Å². The van der Waals surface area contributed by atoms with E-state index >= 15 is 0 Å².